The van der Waals surface area contributed by atoms with Crippen LogP contribution in [0, 0.1) is 12.8 Å². The van der Waals surface area contributed by atoms with Gasteiger partial charge in [0.25, 0.3) is 5.91 Å². The van der Waals surface area contributed by atoms with E-state index < -0.39 is 0 Å². The fourth-order valence-electron chi connectivity index (χ4n) is 4.96. The first-order valence-corrected chi connectivity index (χ1v) is 10.9. The first-order valence-electron chi connectivity index (χ1n) is 10.9. The average Bonchev–Trinajstić information content (AvgIpc) is 3.39. The molecule has 2 saturated heterocycles. The van der Waals surface area contributed by atoms with Gasteiger partial charge in [0.15, 0.2) is 5.82 Å². The lowest BCUT2D eigenvalue weighted by Crippen LogP contribution is -2.51. The van der Waals surface area contributed by atoms with E-state index in [0.717, 1.165) is 55.4 Å². The first kappa shape index (κ1) is 20.1. The lowest BCUT2D eigenvalue weighted by molar-refractivity contribution is -0.124. The summed E-state index contributed by atoms with van der Waals surface area (Å²) in [6.07, 6.45) is 4.48. The number of amides is 1. The summed E-state index contributed by atoms with van der Waals surface area (Å²) in [7, 11) is 1.64. The number of benzene rings is 1. The van der Waals surface area contributed by atoms with Crippen molar-refractivity contribution in [3.05, 3.63) is 41.7 Å². The van der Waals surface area contributed by atoms with Crippen LogP contribution in [0.4, 0.5) is 0 Å². The first-order chi connectivity index (χ1) is 15.0. The summed E-state index contributed by atoms with van der Waals surface area (Å²) < 4.78 is 16.9. The smallest absolute Gasteiger partial charge is 0.270 e. The van der Waals surface area contributed by atoms with E-state index in [0.29, 0.717) is 36.4 Å². The Hall–Kier alpha value is -2.87. The summed E-state index contributed by atoms with van der Waals surface area (Å²) in [5, 5.41) is 4.88. The van der Waals surface area contributed by atoms with Crippen molar-refractivity contribution < 1.29 is 18.8 Å². The summed E-state index contributed by atoms with van der Waals surface area (Å²) in [5.41, 5.74) is 1.41. The minimum atomic E-state index is -0.150. The molecule has 164 valence electrons. The largest absolute Gasteiger partial charge is 0.497 e. The summed E-state index contributed by atoms with van der Waals surface area (Å²) >= 11 is 0. The van der Waals surface area contributed by atoms with E-state index in [1.165, 1.54) is 0 Å². The molecule has 5 rings (SSSR count). The number of H-pyrrole nitrogens is 1. The summed E-state index contributed by atoms with van der Waals surface area (Å²) in [6, 6.07) is 7.68. The molecule has 2 fully saturated rings. The topological polar surface area (TPSA) is 93.5 Å². The fraction of sp³-hybridized carbons (Fsp3) is 0.522. The van der Waals surface area contributed by atoms with E-state index in [9.17, 15) is 4.79 Å². The van der Waals surface area contributed by atoms with Gasteiger partial charge in [-0.2, -0.15) is 4.98 Å². The number of piperidine rings is 1. The molecule has 31 heavy (non-hydrogen) atoms. The van der Waals surface area contributed by atoms with Crippen LogP contribution in [0.25, 0.3) is 10.9 Å². The summed E-state index contributed by atoms with van der Waals surface area (Å²) in [5.74, 6) is 2.69. The van der Waals surface area contributed by atoms with Crippen molar-refractivity contribution in [2.24, 2.45) is 5.92 Å². The molecule has 1 amide bonds. The van der Waals surface area contributed by atoms with E-state index in [1.807, 2.05) is 36.1 Å². The van der Waals surface area contributed by atoms with Crippen LogP contribution in [-0.2, 0) is 11.2 Å². The lowest BCUT2D eigenvalue weighted by atomic mass is 9.78. The van der Waals surface area contributed by atoms with Crippen molar-refractivity contribution in [2.45, 2.75) is 44.6 Å². The number of aromatic amines is 1. The Morgan fingerprint density at radius 2 is 2.16 bits per heavy atom. The van der Waals surface area contributed by atoms with Crippen LogP contribution in [0.2, 0.25) is 0 Å². The van der Waals surface area contributed by atoms with Gasteiger partial charge in [-0.25, -0.2) is 0 Å². The number of likely N-dealkylation sites (tertiary alicyclic amines) is 1. The van der Waals surface area contributed by atoms with Crippen molar-refractivity contribution in [3.63, 3.8) is 0 Å². The number of aryl methyl sites for hydroxylation is 1. The molecule has 0 saturated carbocycles. The third-order valence-electron chi connectivity index (χ3n) is 6.65. The standard InChI is InChI=1S/C23H28N4O4/c1-15-24-21(31-26-15)11-16-5-10-30-23(14-16)6-8-27(9-7-23)22(28)20-13-17-12-18(29-2)3-4-19(17)25-20/h3-4,12-13,16,25H,5-11,14H2,1-2H3. The van der Waals surface area contributed by atoms with Gasteiger partial charge < -0.3 is 23.9 Å². The summed E-state index contributed by atoms with van der Waals surface area (Å²) in [4.78, 5) is 22.6. The second kappa shape index (κ2) is 8.00. The normalized spacial score (nSPS) is 21.0. The number of carbonyl (C=O) groups is 1. The van der Waals surface area contributed by atoms with Gasteiger partial charge in [-0.1, -0.05) is 5.16 Å². The van der Waals surface area contributed by atoms with E-state index >= 15 is 0 Å². The average molecular weight is 425 g/mol. The number of carbonyl (C=O) groups excluding carboxylic acids is 1. The van der Waals surface area contributed by atoms with E-state index in [1.54, 1.807) is 7.11 Å². The third kappa shape index (κ3) is 4.04. The second-order valence-corrected chi connectivity index (χ2v) is 8.76. The maximum absolute atomic E-state index is 13.1. The molecule has 8 heteroatoms. The van der Waals surface area contributed by atoms with Gasteiger partial charge in [-0.05, 0) is 62.8 Å². The molecule has 1 unspecified atom stereocenters. The van der Waals surface area contributed by atoms with Crippen LogP contribution in [-0.4, -0.2) is 58.3 Å². The molecular formula is C23H28N4O4. The van der Waals surface area contributed by atoms with Gasteiger partial charge >= 0.3 is 0 Å². The zero-order valence-electron chi connectivity index (χ0n) is 18.0. The molecule has 1 N–H and O–H groups in total. The van der Waals surface area contributed by atoms with Crippen LogP contribution in [0.15, 0.2) is 28.8 Å². The van der Waals surface area contributed by atoms with Crippen LogP contribution in [0.1, 0.15) is 47.9 Å². The van der Waals surface area contributed by atoms with Gasteiger partial charge in [0.05, 0.1) is 12.7 Å². The maximum atomic E-state index is 13.1. The molecule has 2 aliphatic rings. The Labute approximate surface area is 180 Å². The predicted molar refractivity (Wildman–Crippen MR) is 114 cm³/mol. The number of ether oxygens (including phenoxy) is 2. The maximum Gasteiger partial charge on any atom is 0.270 e. The Kier molecular flexibility index (Phi) is 5.17. The molecule has 1 spiro atoms. The number of fused-ring (bicyclic) bond motifs is 1. The number of nitrogens with one attached hydrogen (secondary N) is 1. The molecule has 4 heterocycles. The van der Waals surface area contributed by atoms with Crippen molar-refractivity contribution in [3.8, 4) is 5.75 Å². The molecule has 0 radical (unpaired) electrons. The molecule has 2 aliphatic heterocycles. The van der Waals surface area contributed by atoms with Crippen LogP contribution >= 0.6 is 0 Å². The molecule has 3 aromatic rings. The monoisotopic (exact) mass is 424 g/mol. The minimum Gasteiger partial charge on any atom is -0.497 e. The molecule has 1 atom stereocenters. The van der Waals surface area contributed by atoms with Gasteiger partial charge in [0, 0.05) is 37.0 Å². The second-order valence-electron chi connectivity index (χ2n) is 8.76. The lowest BCUT2D eigenvalue weighted by Gasteiger charge is -2.46. The van der Waals surface area contributed by atoms with E-state index in [4.69, 9.17) is 14.0 Å². The minimum absolute atomic E-state index is 0.0405. The molecular weight excluding hydrogens is 396 g/mol. The van der Waals surface area contributed by atoms with Crippen LogP contribution < -0.4 is 4.74 Å². The van der Waals surface area contributed by atoms with Gasteiger partial charge in [-0.15, -0.1) is 0 Å². The van der Waals surface area contributed by atoms with Crippen molar-refractivity contribution in [1.29, 1.82) is 0 Å². The van der Waals surface area contributed by atoms with Crippen LogP contribution in [0.3, 0.4) is 0 Å². The highest BCUT2D eigenvalue weighted by molar-refractivity contribution is 5.98. The van der Waals surface area contributed by atoms with Crippen molar-refractivity contribution in [1.82, 2.24) is 20.0 Å². The molecule has 0 aliphatic carbocycles. The Balaban J connectivity index is 1.22. The zero-order chi connectivity index (χ0) is 21.4. The van der Waals surface area contributed by atoms with E-state index in [2.05, 4.69) is 15.1 Å². The quantitative estimate of drug-likeness (QED) is 0.689. The molecule has 1 aromatic carbocycles. The molecule has 2 aromatic heterocycles. The molecule has 8 nitrogen and oxygen atoms in total. The predicted octanol–water partition coefficient (Wildman–Crippen LogP) is 3.51. The molecule has 0 bridgehead atoms. The van der Waals surface area contributed by atoms with Crippen molar-refractivity contribution in [2.75, 3.05) is 26.8 Å². The zero-order valence-corrected chi connectivity index (χ0v) is 18.0. The summed E-state index contributed by atoms with van der Waals surface area (Å²) in [6.45, 7) is 3.98. The van der Waals surface area contributed by atoms with Gasteiger partial charge in [-0.3, -0.25) is 4.79 Å². The van der Waals surface area contributed by atoms with Crippen LogP contribution in [0.5, 0.6) is 5.75 Å². The SMILES string of the molecule is COc1ccc2[nH]c(C(=O)N3CCC4(CC3)CC(Cc3nc(C)no3)CCO4)cc2c1. The van der Waals surface area contributed by atoms with Crippen molar-refractivity contribution >= 4 is 16.8 Å². The Morgan fingerprint density at radius 1 is 1.32 bits per heavy atom. The number of methoxy groups -OCH3 is 1. The number of rotatable bonds is 4. The van der Waals surface area contributed by atoms with E-state index in [-0.39, 0.29) is 11.5 Å². The highest BCUT2D eigenvalue weighted by atomic mass is 16.5. The Bertz CT molecular complexity index is 1080. The number of hydrogen-bond acceptors (Lipinski definition) is 6. The Morgan fingerprint density at radius 3 is 2.90 bits per heavy atom. The highest BCUT2D eigenvalue weighted by Crippen LogP contribution is 2.39. The number of aromatic nitrogens is 3. The fourth-order valence-corrected chi connectivity index (χ4v) is 4.96. The number of nitrogens with zero attached hydrogens (tertiary/aromatic N) is 3. The van der Waals surface area contributed by atoms with Gasteiger partial charge in [0.2, 0.25) is 5.89 Å². The van der Waals surface area contributed by atoms with Gasteiger partial charge in [0.1, 0.15) is 11.4 Å². The third-order valence-corrected chi connectivity index (χ3v) is 6.65. The number of hydrogen-bond donors (Lipinski definition) is 1. The highest BCUT2D eigenvalue weighted by Gasteiger charge is 2.41.